The summed E-state index contributed by atoms with van der Waals surface area (Å²) in [5.74, 6) is 0. The molecule has 0 N–H and O–H groups in total. The van der Waals surface area contributed by atoms with E-state index in [2.05, 4.69) is 170 Å². The van der Waals surface area contributed by atoms with Crippen molar-refractivity contribution >= 4 is 38.6 Å². The Kier molecular flexibility index (Phi) is 6.34. The molecule has 0 atom stereocenters. The topological polar surface area (TPSA) is 3.24 Å². The normalized spacial score (nSPS) is 11.2. The summed E-state index contributed by atoms with van der Waals surface area (Å²) < 4.78 is 0. The highest BCUT2D eigenvalue weighted by molar-refractivity contribution is 6.13. The molecule has 0 fully saturated rings. The first-order valence-corrected chi connectivity index (χ1v) is 14.2. The molecule has 0 radical (unpaired) electrons. The summed E-state index contributed by atoms with van der Waals surface area (Å²) in [4.78, 5) is 2.36. The van der Waals surface area contributed by atoms with Crippen molar-refractivity contribution in [1.82, 2.24) is 0 Å². The van der Waals surface area contributed by atoms with E-state index in [0.717, 1.165) is 11.4 Å². The number of anilines is 3. The first-order chi connectivity index (χ1) is 20.1. The van der Waals surface area contributed by atoms with Crippen molar-refractivity contribution in [2.24, 2.45) is 0 Å². The third-order valence-electron chi connectivity index (χ3n) is 7.90. The quantitative estimate of drug-likeness (QED) is 0.202. The molecule has 0 heterocycles. The standard InChI is InChI=1S/C40H31N/c1-28-24-29(2)26-36(25-28)41(34-20-16-31(17-21-34)30-10-4-3-5-11-30)35-22-18-32(19-23-35)40-27-33-12-6-7-13-37(33)38-14-8-9-15-39(38)40/h3-27H,1-2H3. The minimum Gasteiger partial charge on any atom is -0.310 e. The highest BCUT2D eigenvalue weighted by Gasteiger charge is 2.15. The maximum absolute atomic E-state index is 2.36. The smallest absolute Gasteiger partial charge is 0.0466 e. The lowest BCUT2D eigenvalue weighted by Gasteiger charge is -2.27. The summed E-state index contributed by atoms with van der Waals surface area (Å²) in [5, 5.41) is 5.13. The molecule has 0 unspecified atom stereocenters. The number of hydrogen-bond donors (Lipinski definition) is 0. The molecule has 1 heteroatoms. The number of aryl methyl sites for hydroxylation is 2. The Balaban J connectivity index is 1.33. The zero-order chi connectivity index (χ0) is 27.8. The molecular weight excluding hydrogens is 494 g/mol. The van der Waals surface area contributed by atoms with Gasteiger partial charge in [-0.2, -0.15) is 0 Å². The van der Waals surface area contributed by atoms with Crippen LogP contribution < -0.4 is 4.90 Å². The molecule has 41 heavy (non-hydrogen) atoms. The predicted octanol–water partition coefficient (Wildman–Crippen LogP) is 11.4. The fourth-order valence-corrected chi connectivity index (χ4v) is 6.04. The Bertz CT molecular complexity index is 1960. The van der Waals surface area contributed by atoms with Crippen molar-refractivity contribution in [3.05, 3.63) is 163 Å². The van der Waals surface area contributed by atoms with Gasteiger partial charge in [-0.1, -0.05) is 109 Å². The van der Waals surface area contributed by atoms with Crippen molar-refractivity contribution in [3.63, 3.8) is 0 Å². The maximum atomic E-state index is 2.36. The lowest BCUT2D eigenvalue weighted by Crippen LogP contribution is -2.10. The van der Waals surface area contributed by atoms with Crippen LogP contribution >= 0.6 is 0 Å². The van der Waals surface area contributed by atoms with Crippen molar-refractivity contribution in [2.75, 3.05) is 4.90 Å². The van der Waals surface area contributed by atoms with Crippen molar-refractivity contribution in [2.45, 2.75) is 13.8 Å². The molecule has 0 bridgehead atoms. The van der Waals surface area contributed by atoms with E-state index in [4.69, 9.17) is 0 Å². The molecule has 0 spiro atoms. The van der Waals surface area contributed by atoms with Crippen LogP contribution in [-0.4, -0.2) is 0 Å². The SMILES string of the molecule is Cc1cc(C)cc(N(c2ccc(-c3ccccc3)cc2)c2ccc(-c3cc4ccccc4c4ccccc34)cc2)c1. The minimum absolute atomic E-state index is 1.14. The van der Waals surface area contributed by atoms with E-state index in [1.807, 2.05) is 0 Å². The van der Waals surface area contributed by atoms with Gasteiger partial charge in [0, 0.05) is 17.1 Å². The molecule has 0 saturated heterocycles. The zero-order valence-electron chi connectivity index (χ0n) is 23.4. The molecule has 7 aromatic rings. The van der Waals surface area contributed by atoms with Crippen LogP contribution in [0.25, 0.3) is 43.8 Å². The Hall–Kier alpha value is -5.14. The van der Waals surface area contributed by atoms with E-state index >= 15 is 0 Å². The number of fused-ring (bicyclic) bond motifs is 3. The molecular formula is C40H31N. The molecule has 0 saturated carbocycles. The Morgan fingerprint density at radius 3 is 1.54 bits per heavy atom. The summed E-state index contributed by atoms with van der Waals surface area (Å²) in [6.45, 7) is 4.34. The molecule has 0 aliphatic rings. The van der Waals surface area contributed by atoms with Crippen LogP contribution in [-0.2, 0) is 0 Å². The molecule has 196 valence electrons. The van der Waals surface area contributed by atoms with E-state index in [1.165, 1.54) is 60.6 Å². The monoisotopic (exact) mass is 525 g/mol. The summed E-state index contributed by atoms with van der Waals surface area (Å²) >= 11 is 0. The van der Waals surface area contributed by atoms with Gasteiger partial charge in [0.2, 0.25) is 0 Å². The van der Waals surface area contributed by atoms with E-state index in [-0.39, 0.29) is 0 Å². The number of nitrogens with zero attached hydrogens (tertiary/aromatic N) is 1. The highest BCUT2D eigenvalue weighted by Crippen LogP contribution is 2.39. The molecule has 0 aliphatic carbocycles. The molecule has 7 aromatic carbocycles. The molecule has 0 amide bonds. The van der Waals surface area contributed by atoms with Gasteiger partial charge < -0.3 is 4.90 Å². The van der Waals surface area contributed by atoms with Crippen LogP contribution in [0.3, 0.4) is 0 Å². The first kappa shape index (κ1) is 24.9. The summed E-state index contributed by atoms with van der Waals surface area (Å²) in [6.07, 6.45) is 0. The largest absolute Gasteiger partial charge is 0.310 e. The van der Waals surface area contributed by atoms with Gasteiger partial charge in [-0.05, 0) is 111 Å². The molecule has 0 aliphatic heterocycles. The number of benzene rings is 7. The van der Waals surface area contributed by atoms with E-state index in [1.54, 1.807) is 0 Å². The third kappa shape index (κ3) is 4.77. The minimum atomic E-state index is 1.14. The molecule has 1 nitrogen and oxygen atoms in total. The van der Waals surface area contributed by atoms with Gasteiger partial charge in [-0.25, -0.2) is 0 Å². The Labute approximate surface area is 242 Å². The molecule has 7 rings (SSSR count). The van der Waals surface area contributed by atoms with Gasteiger partial charge in [0.05, 0.1) is 0 Å². The van der Waals surface area contributed by atoms with E-state index in [9.17, 15) is 0 Å². The van der Waals surface area contributed by atoms with Crippen LogP contribution in [0.1, 0.15) is 11.1 Å². The number of hydrogen-bond acceptors (Lipinski definition) is 1. The van der Waals surface area contributed by atoms with Gasteiger partial charge in [0.15, 0.2) is 0 Å². The molecule has 0 aromatic heterocycles. The lowest BCUT2D eigenvalue weighted by molar-refractivity contribution is 1.25. The van der Waals surface area contributed by atoms with E-state index < -0.39 is 0 Å². The van der Waals surface area contributed by atoms with Crippen LogP contribution in [0.4, 0.5) is 17.1 Å². The second-order valence-corrected chi connectivity index (χ2v) is 10.8. The average Bonchev–Trinajstić information content (AvgIpc) is 3.01. The highest BCUT2D eigenvalue weighted by atomic mass is 15.1. The van der Waals surface area contributed by atoms with Gasteiger partial charge in [-0.3, -0.25) is 0 Å². The van der Waals surface area contributed by atoms with Crippen LogP contribution in [0, 0.1) is 13.8 Å². The van der Waals surface area contributed by atoms with Crippen molar-refractivity contribution < 1.29 is 0 Å². The van der Waals surface area contributed by atoms with Crippen LogP contribution in [0.5, 0.6) is 0 Å². The van der Waals surface area contributed by atoms with Crippen LogP contribution in [0.15, 0.2) is 152 Å². The zero-order valence-corrected chi connectivity index (χ0v) is 23.4. The second kappa shape index (κ2) is 10.4. The second-order valence-electron chi connectivity index (χ2n) is 10.8. The van der Waals surface area contributed by atoms with Crippen LogP contribution in [0.2, 0.25) is 0 Å². The maximum Gasteiger partial charge on any atom is 0.0466 e. The van der Waals surface area contributed by atoms with Gasteiger partial charge in [-0.15, -0.1) is 0 Å². The summed E-state index contributed by atoms with van der Waals surface area (Å²) in [5.41, 5.74) is 10.9. The lowest BCUT2D eigenvalue weighted by atomic mass is 9.93. The Morgan fingerprint density at radius 1 is 0.366 bits per heavy atom. The first-order valence-electron chi connectivity index (χ1n) is 14.2. The van der Waals surface area contributed by atoms with Crippen molar-refractivity contribution in [1.29, 1.82) is 0 Å². The van der Waals surface area contributed by atoms with Crippen molar-refractivity contribution in [3.8, 4) is 22.3 Å². The van der Waals surface area contributed by atoms with Gasteiger partial charge in [0.1, 0.15) is 0 Å². The summed E-state index contributed by atoms with van der Waals surface area (Å²) in [6, 6.07) is 55.0. The Morgan fingerprint density at radius 2 is 0.878 bits per heavy atom. The van der Waals surface area contributed by atoms with Gasteiger partial charge in [0.25, 0.3) is 0 Å². The fourth-order valence-electron chi connectivity index (χ4n) is 6.04. The predicted molar refractivity (Wildman–Crippen MR) is 176 cm³/mol. The van der Waals surface area contributed by atoms with Gasteiger partial charge >= 0.3 is 0 Å². The fraction of sp³-hybridized carbons (Fsp3) is 0.0500. The average molecular weight is 526 g/mol. The summed E-state index contributed by atoms with van der Waals surface area (Å²) in [7, 11) is 0. The van der Waals surface area contributed by atoms with E-state index in [0.29, 0.717) is 0 Å². The third-order valence-corrected chi connectivity index (χ3v) is 7.90. The number of rotatable bonds is 5.